The van der Waals surface area contributed by atoms with Crippen LogP contribution < -0.4 is 0 Å². The lowest BCUT2D eigenvalue weighted by Crippen LogP contribution is -2.36. The number of para-hydroxylation sites is 1. The zero-order chi connectivity index (χ0) is 18.0. The molecule has 1 saturated carbocycles. The standard InChI is InChI=1S/C20H22FNO3/c1-2-13-4-3-5-17(19(13)24)20(25)22(16-10-11-16)12-18(23)14-6-8-15(21)9-7-14/h3-9,16,18,23-24H,2,10-12H2,1H3. The Kier molecular flexibility index (Phi) is 5.04. The van der Waals surface area contributed by atoms with Gasteiger partial charge in [-0.2, -0.15) is 0 Å². The van der Waals surface area contributed by atoms with E-state index in [0.29, 0.717) is 12.0 Å². The Morgan fingerprint density at radius 1 is 1.24 bits per heavy atom. The number of hydrogen-bond acceptors (Lipinski definition) is 3. The maximum Gasteiger partial charge on any atom is 0.257 e. The number of phenols is 1. The molecule has 1 fully saturated rings. The zero-order valence-electron chi connectivity index (χ0n) is 14.2. The molecule has 1 atom stereocenters. The van der Waals surface area contributed by atoms with Crippen molar-refractivity contribution in [1.29, 1.82) is 0 Å². The fourth-order valence-electron chi connectivity index (χ4n) is 2.96. The molecule has 2 aromatic rings. The van der Waals surface area contributed by atoms with Gasteiger partial charge in [0.25, 0.3) is 5.91 Å². The number of rotatable bonds is 6. The van der Waals surface area contributed by atoms with Crippen molar-refractivity contribution in [2.24, 2.45) is 0 Å². The number of nitrogens with zero attached hydrogens (tertiary/aromatic N) is 1. The first-order valence-corrected chi connectivity index (χ1v) is 8.56. The van der Waals surface area contributed by atoms with Crippen LogP contribution in [-0.2, 0) is 6.42 Å². The molecule has 0 saturated heterocycles. The molecule has 1 unspecified atom stereocenters. The number of carbonyl (C=O) groups excluding carboxylic acids is 1. The van der Waals surface area contributed by atoms with Crippen molar-refractivity contribution < 1.29 is 19.4 Å². The molecule has 132 valence electrons. The molecule has 0 aliphatic heterocycles. The number of phenolic OH excluding ortho intramolecular Hbond substituents is 1. The SMILES string of the molecule is CCc1cccc(C(=O)N(CC(O)c2ccc(F)cc2)C2CC2)c1O. The smallest absolute Gasteiger partial charge is 0.257 e. The Labute approximate surface area is 146 Å². The fraction of sp³-hybridized carbons (Fsp3) is 0.350. The quantitative estimate of drug-likeness (QED) is 0.845. The molecule has 0 spiro atoms. The first kappa shape index (κ1) is 17.4. The van der Waals surface area contributed by atoms with Gasteiger partial charge in [-0.3, -0.25) is 4.79 Å². The van der Waals surface area contributed by atoms with Gasteiger partial charge in [-0.05, 0) is 48.6 Å². The van der Waals surface area contributed by atoms with Gasteiger partial charge in [0.1, 0.15) is 11.6 Å². The molecule has 5 heteroatoms. The first-order chi connectivity index (χ1) is 12.0. The molecular formula is C20H22FNO3. The van der Waals surface area contributed by atoms with E-state index >= 15 is 0 Å². The summed E-state index contributed by atoms with van der Waals surface area (Å²) < 4.78 is 13.0. The lowest BCUT2D eigenvalue weighted by molar-refractivity contribution is 0.0600. The molecule has 3 rings (SSSR count). The maximum absolute atomic E-state index is 13.0. The second kappa shape index (κ2) is 7.23. The number of amides is 1. The van der Waals surface area contributed by atoms with Crippen LogP contribution in [0.15, 0.2) is 42.5 Å². The average molecular weight is 343 g/mol. The van der Waals surface area contributed by atoms with Crippen LogP contribution in [-0.4, -0.2) is 33.6 Å². The molecule has 1 aliphatic rings. The minimum atomic E-state index is -0.901. The van der Waals surface area contributed by atoms with E-state index in [0.717, 1.165) is 18.4 Å². The van der Waals surface area contributed by atoms with E-state index in [4.69, 9.17) is 0 Å². The van der Waals surface area contributed by atoms with E-state index in [2.05, 4.69) is 0 Å². The minimum absolute atomic E-state index is 0.0110. The van der Waals surface area contributed by atoms with E-state index in [1.54, 1.807) is 23.1 Å². The Balaban J connectivity index is 1.81. The Morgan fingerprint density at radius 3 is 2.52 bits per heavy atom. The van der Waals surface area contributed by atoms with E-state index in [1.807, 2.05) is 6.92 Å². The van der Waals surface area contributed by atoms with Crippen molar-refractivity contribution in [2.75, 3.05) is 6.54 Å². The number of aliphatic hydroxyl groups excluding tert-OH is 1. The summed E-state index contributed by atoms with van der Waals surface area (Å²) in [4.78, 5) is 14.5. The van der Waals surface area contributed by atoms with Crippen molar-refractivity contribution in [3.05, 3.63) is 65.0 Å². The molecule has 2 N–H and O–H groups in total. The van der Waals surface area contributed by atoms with Crippen LogP contribution in [0.2, 0.25) is 0 Å². The largest absolute Gasteiger partial charge is 0.507 e. The van der Waals surface area contributed by atoms with Gasteiger partial charge in [0.15, 0.2) is 0 Å². The van der Waals surface area contributed by atoms with Crippen LogP contribution in [0.25, 0.3) is 0 Å². The number of halogens is 1. The van der Waals surface area contributed by atoms with Gasteiger partial charge in [0.05, 0.1) is 18.2 Å². The Hall–Kier alpha value is -2.40. The highest BCUT2D eigenvalue weighted by molar-refractivity contribution is 5.97. The van der Waals surface area contributed by atoms with Crippen LogP contribution in [0.3, 0.4) is 0 Å². The van der Waals surface area contributed by atoms with Gasteiger partial charge in [-0.1, -0.05) is 31.2 Å². The van der Waals surface area contributed by atoms with Crippen LogP contribution in [0.1, 0.15) is 47.4 Å². The van der Waals surface area contributed by atoms with E-state index in [1.165, 1.54) is 24.3 Å². The molecule has 0 radical (unpaired) electrons. The van der Waals surface area contributed by atoms with Crippen LogP contribution in [0.4, 0.5) is 4.39 Å². The predicted molar refractivity (Wildman–Crippen MR) is 92.9 cm³/mol. The maximum atomic E-state index is 13.0. The van der Waals surface area contributed by atoms with Gasteiger partial charge in [-0.15, -0.1) is 0 Å². The van der Waals surface area contributed by atoms with E-state index < -0.39 is 6.10 Å². The summed E-state index contributed by atoms with van der Waals surface area (Å²) >= 11 is 0. The van der Waals surface area contributed by atoms with Crippen LogP contribution >= 0.6 is 0 Å². The predicted octanol–water partition coefficient (Wildman–Crippen LogP) is 3.43. The molecule has 25 heavy (non-hydrogen) atoms. The molecular weight excluding hydrogens is 321 g/mol. The van der Waals surface area contributed by atoms with Gasteiger partial charge in [0, 0.05) is 6.04 Å². The summed E-state index contributed by atoms with van der Waals surface area (Å²) in [6.07, 6.45) is 1.50. The number of aromatic hydroxyl groups is 1. The number of hydrogen-bond donors (Lipinski definition) is 2. The number of benzene rings is 2. The van der Waals surface area contributed by atoms with Gasteiger partial charge in [0.2, 0.25) is 0 Å². The molecule has 0 bridgehead atoms. The summed E-state index contributed by atoms with van der Waals surface area (Å²) in [7, 11) is 0. The Morgan fingerprint density at radius 2 is 1.92 bits per heavy atom. The molecule has 4 nitrogen and oxygen atoms in total. The van der Waals surface area contributed by atoms with Crippen molar-refractivity contribution in [2.45, 2.75) is 38.3 Å². The van der Waals surface area contributed by atoms with E-state index in [-0.39, 0.29) is 35.6 Å². The van der Waals surface area contributed by atoms with Gasteiger partial charge in [-0.25, -0.2) is 4.39 Å². The molecule has 1 aliphatic carbocycles. The third-order valence-corrected chi connectivity index (χ3v) is 4.60. The van der Waals surface area contributed by atoms with Crippen molar-refractivity contribution in [3.63, 3.8) is 0 Å². The molecule has 2 aromatic carbocycles. The molecule has 0 heterocycles. The highest BCUT2D eigenvalue weighted by Crippen LogP contribution is 2.33. The number of carbonyl (C=O) groups is 1. The fourth-order valence-corrected chi connectivity index (χ4v) is 2.96. The topological polar surface area (TPSA) is 60.8 Å². The first-order valence-electron chi connectivity index (χ1n) is 8.56. The van der Waals surface area contributed by atoms with Gasteiger partial charge < -0.3 is 15.1 Å². The normalized spacial score (nSPS) is 15.0. The van der Waals surface area contributed by atoms with Gasteiger partial charge >= 0.3 is 0 Å². The summed E-state index contributed by atoms with van der Waals surface area (Å²) in [6, 6.07) is 10.9. The lowest BCUT2D eigenvalue weighted by Gasteiger charge is -2.26. The third-order valence-electron chi connectivity index (χ3n) is 4.60. The number of aliphatic hydroxyl groups is 1. The zero-order valence-corrected chi connectivity index (χ0v) is 14.2. The Bertz CT molecular complexity index is 756. The van der Waals surface area contributed by atoms with Crippen LogP contribution in [0.5, 0.6) is 5.75 Å². The third kappa shape index (κ3) is 3.82. The highest BCUT2D eigenvalue weighted by atomic mass is 19.1. The minimum Gasteiger partial charge on any atom is -0.507 e. The van der Waals surface area contributed by atoms with Crippen molar-refractivity contribution >= 4 is 5.91 Å². The monoisotopic (exact) mass is 343 g/mol. The second-order valence-electron chi connectivity index (χ2n) is 6.42. The summed E-state index contributed by atoms with van der Waals surface area (Å²) in [5.41, 5.74) is 1.55. The highest BCUT2D eigenvalue weighted by Gasteiger charge is 2.35. The lowest BCUT2D eigenvalue weighted by atomic mass is 10.0. The summed E-state index contributed by atoms with van der Waals surface area (Å²) in [6.45, 7) is 2.03. The number of aryl methyl sites for hydroxylation is 1. The summed E-state index contributed by atoms with van der Waals surface area (Å²) in [5, 5.41) is 20.8. The second-order valence-corrected chi connectivity index (χ2v) is 6.42. The van der Waals surface area contributed by atoms with Crippen molar-refractivity contribution in [3.8, 4) is 5.75 Å². The molecule has 1 amide bonds. The van der Waals surface area contributed by atoms with E-state index in [9.17, 15) is 19.4 Å². The molecule has 0 aromatic heterocycles. The van der Waals surface area contributed by atoms with Crippen LogP contribution in [0, 0.1) is 5.82 Å². The van der Waals surface area contributed by atoms with Crippen molar-refractivity contribution in [1.82, 2.24) is 4.90 Å². The summed E-state index contributed by atoms with van der Waals surface area (Å²) in [5.74, 6) is -0.638. The average Bonchev–Trinajstić information content (AvgIpc) is 3.44.